The van der Waals surface area contributed by atoms with Crippen molar-refractivity contribution in [2.24, 2.45) is 0 Å². The molecule has 0 aromatic heterocycles. The van der Waals surface area contributed by atoms with Crippen molar-refractivity contribution < 1.29 is 13.6 Å². The van der Waals surface area contributed by atoms with Crippen LogP contribution in [0.15, 0.2) is 30.3 Å². The van der Waals surface area contributed by atoms with Crippen LogP contribution in [0, 0.1) is 0 Å². The van der Waals surface area contributed by atoms with E-state index in [1.807, 2.05) is 0 Å². The molecule has 2 nitrogen and oxygen atoms in total. The molecule has 0 heterocycles. The Morgan fingerprint density at radius 3 is 2.61 bits per heavy atom. The van der Waals surface area contributed by atoms with Crippen molar-refractivity contribution in [1.82, 2.24) is 5.32 Å². The van der Waals surface area contributed by atoms with E-state index in [0.717, 1.165) is 12.8 Å². The Bertz CT molecular complexity index is 406. The van der Waals surface area contributed by atoms with E-state index in [4.69, 9.17) is 0 Å². The summed E-state index contributed by atoms with van der Waals surface area (Å²) in [6.45, 7) is 0. The van der Waals surface area contributed by atoms with Gasteiger partial charge in [0.15, 0.2) is 0 Å². The summed E-state index contributed by atoms with van der Waals surface area (Å²) in [5, 5.41) is 2.48. The third-order valence-electron chi connectivity index (χ3n) is 3.35. The number of hydrogen-bond donors (Lipinski definition) is 1. The molecule has 1 saturated carbocycles. The molecule has 0 bridgehead atoms. The van der Waals surface area contributed by atoms with E-state index >= 15 is 0 Å². The highest BCUT2D eigenvalue weighted by atomic mass is 19.3. The summed E-state index contributed by atoms with van der Waals surface area (Å²) in [6.07, 6.45) is 2.31. The van der Waals surface area contributed by atoms with Crippen molar-refractivity contribution in [3.8, 4) is 0 Å². The van der Waals surface area contributed by atoms with Gasteiger partial charge in [-0.25, -0.2) is 8.78 Å². The summed E-state index contributed by atoms with van der Waals surface area (Å²) in [5.74, 6) is -3.21. The van der Waals surface area contributed by atoms with E-state index in [1.165, 1.54) is 0 Å². The SMILES string of the molecule is O=C(NC1CCCCCC1(F)F)c1ccccc1. The highest BCUT2D eigenvalue weighted by molar-refractivity contribution is 5.94. The van der Waals surface area contributed by atoms with Crippen LogP contribution in [0.25, 0.3) is 0 Å². The molecule has 1 N–H and O–H groups in total. The molecule has 18 heavy (non-hydrogen) atoms. The minimum Gasteiger partial charge on any atom is -0.343 e. The third-order valence-corrected chi connectivity index (χ3v) is 3.35. The summed E-state index contributed by atoms with van der Waals surface area (Å²) < 4.78 is 27.6. The topological polar surface area (TPSA) is 29.1 Å². The maximum Gasteiger partial charge on any atom is 0.267 e. The van der Waals surface area contributed by atoms with E-state index in [9.17, 15) is 13.6 Å². The Morgan fingerprint density at radius 1 is 1.17 bits per heavy atom. The number of alkyl halides is 2. The number of nitrogens with one attached hydrogen (secondary N) is 1. The quantitative estimate of drug-likeness (QED) is 0.804. The van der Waals surface area contributed by atoms with Crippen LogP contribution in [-0.2, 0) is 0 Å². The summed E-state index contributed by atoms with van der Waals surface area (Å²) in [4.78, 5) is 11.9. The molecule has 0 spiro atoms. The minimum absolute atomic E-state index is 0.132. The van der Waals surface area contributed by atoms with E-state index in [-0.39, 0.29) is 6.42 Å². The van der Waals surface area contributed by atoms with Gasteiger partial charge in [-0.3, -0.25) is 4.79 Å². The molecule has 1 fully saturated rings. The largest absolute Gasteiger partial charge is 0.343 e. The lowest BCUT2D eigenvalue weighted by atomic mass is 10.0. The second-order valence-electron chi connectivity index (χ2n) is 4.75. The Kier molecular flexibility index (Phi) is 3.94. The van der Waals surface area contributed by atoms with Gasteiger partial charge in [0.2, 0.25) is 0 Å². The Labute approximate surface area is 105 Å². The molecule has 1 aromatic carbocycles. The maximum absolute atomic E-state index is 13.8. The number of benzene rings is 1. The predicted molar refractivity (Wildman–Crippen MR) is 65.7 cm³/mol. The number of carbonyl (C=O) groups is 1. The standard InChI is InChI=1S/C14H17F2NO/c15-14(16)10-6-2-5-9-12(14)17-13(18)11-7-3-1-4-8-11/h1,3-4,7-8,12H,2,5-6,9-10H2,(H,17,18). The van der Waals surface area contributed by atoms with Crippen molar-refractivity contribution in [2.75, 3.05) is 0 Å². The van der Waals surface area contributed by atoms with Crippen molar-refractivity contribution in [1.29, 1.82) is 0 Å². The van der Waals surface area contributed by atoms with Crippen LogP contribution in [-0.4, -0.2) is 17.9 Å². The Balaban J connectivity index is 2.05. The zero-order valence-corrected chi connectivity index (χ0v) is 10.2. The van der Waals surface area contributed by atoms with Gasteiger partial charge in [-0.2, -0.15) is 0 Å². The van der Waals surface area contributed by atoms with E-state index in [1.54, 1.807) is 30.3 Å². The first-order valence-corrected chi connectivity index (χ1v) is 6.33. The average molecular weight is 253 g/mol. The minimum atomic E-state index is -2.79. The van der Waals surface area contributed by atoms with Crippen molar-refractivity contribution in [3.05, 3.63) is 35.9 Å². The highest BCUT2D eigenvalue weighted by Gasteiger charge is 2.40. The fraction of sp³-hybridized carbons (Fsp3) is 0.500. The summed E-state index contributed by atoms with van der Waals surface area (Å²) in [5.41, 5.74) is 0.428. The molecule has 1 aliphatic rings. The first-order valence-electron chi connectivity index (χ1n) is 6.33. The fourth-order valence-electron chi connectivity index (χ4n) is 2.28. The summed E-state index contributed by atoms with van der Waals surface area (Å²) >= 11 is 0. The van der Waals surface area contributed by atoms with Gasteiger partial charge >= 0.3 is 0 Å². The monoisotopic (exact) mass is 253 g/mol. The number of rotatable bonds is 2. The van der Waals surface area contributed by atoms with Crippen molar-refractivity contribution in [2.45, 2.75) is 44.1 Å². The first kappa shape index (κ1) is 13.0. The molecule has 0 aliphatic heterocycles. The number of hydrogen-bond acceptors (Lipinski definition) is 1. The van der Waals surface area contributed by atoms with Crippen LogP contribution < -0.4 is 5.32 Å². The molecule has 98 valence electrons. The van der Waals surface area contributed by atoms with Gasteiger partial charge in [-0.15, -0.1) is 0 Å². The molecular formula is C14H17F2NO. The Morgan fingerprint density at radius 2 is 1.89 bits per heavy atom. The van der Waals surface area contributed by atoms with Gasteiger partial charge < -0.3 is 5.32 Å². The number of carbonyl (C=O) groups excluding carboxylic acids is 1. The molecule has 4 heteroatoms. The van der Waals surface area contributed by atoms with Crippen LogP contribution >= 0.6 is 0 Å². The van der Waals surface area contributed by atoms with Gasteiger partial charge in [-0.1, -0.05) is 31.0 Å². The lowest BCUT2D eigenvalue weighted by Crippen LogP contribution is -2.46. The Hall–Kier alpha value is -1.45. The zero-order chi connectivity index (χ0) is 13.0. The van der Waals surface area contributed by atoms with Crippen LogP contribution in [0.5, 0.6) is 0 Å². The smallest absolute Gasteiger partial charge is 0.267 e. The fourth-order valence-corrected chi connectivity index (χ4v) is 2.28. The molecular weight excluding hydrogens is 236 g/mol. The van der Waals surface area contributed by atoms with Crippen molar-refractivity contribution in [3.63, 3.8) is 0 Å². The second-order valence-corrected chi connectivity index (χ2v) is 4.75. The van der Waals surface area contributed by atoms with Crippen LogP contribution in [0.4, 0.5) is 8.78 Å². The molecule has 1 unspecified atom stereocenters. The summed E-state index contributed by atoms with van der Waals surface area (Å²) in [6, 6.07) is 7.46. The normalized spacial score (nSPS) is 23.1. The van der Waals surface area contributed by atoms with Gasteiger partial charge in [0.05, 0.1) is 6.04 Å². The molecule has 0 saturated heterocycles. The van der Waals surface area contributed by atoms with Gasteiger partial charge in [0.1, 0.15) is 0 Å². The summed E-state index contributed by atoms with van der Waals surface area (Å²) in [7, 11) is 0. The highest BCUT2D eigenvalue weighted by Crippen LogP contribution is 2.32. The molecule has 1 aliphatic carbocycles. The van der Waals surface area contributed by atoms with E-state index in [2.05, 4.69) is 5.32 Å². The first-order chi connectivity index (χ1) is 8.59. The van der Waals surface area contributed by atoms with E-state index < -0.39 is 17.9 Å². The lowest BCUT2D eigenvalue weighted by Gasteiger charge is -2.25. The molecule has 1 atom stereocenters. The predicted octanol–water partition coefficient (Wildman–Crippen LogP) is 3.38. The molecule has 1 aromatic rings. The van der Waals surface area contributed by atoms with Crippen LogP contribution in [0.3, 0.4) is 0 Å². The zero-order valence-electron chi connectivity index (χ0n) is 10.2. The van der Waals surface area contributed by atoms with Crippen LogP contribution in [0.1, 0.15) is 42.5 Å². The average Bonchev–Trinajstić information content (AvgIpc) is 2.52. The molecule has 2 rings (SSSR count). The number of amides is 1. The maximum atomic E-state index is 13.8. The molecule has 1 amide bonds. The second kappa shape index (κ2) is 5.46. The molecule has 0 radical (unpaired) electrons. The van der Waals surface area contributed by atoms with E-state index in [0.29, 0.717) is 18.4 Å². The van der Waals surface area contributed by atoms with Gasteiger partial charge in [0.25, 0.3) is 11.8 Å². The number of halogens is 2. The van der Waals surface area contributed by atoms with Gasteiger partial charge in [-0.05, 0) is 25.0 Å². The van der Waals surface area contributed by atoms with Crippen molar-refractivity contribution >= 4 is 5.91 Å². The van der Waals surface area contributed by atoms with Gasteiger partial charge in [0, 0.05) is 12.0 Å². The lowest BCUT2D eigenvalue weighted by molar-refractivity contribution is -0.0406. The van der Waals surface area contributed by atoms with Crippen LogP contribution in [0.2, 0.25) is 0 Å². The third kappa shape index (κ3) is 3.06.